The van der Waals surface area contributed by atoms with Crippen LogP contribution in [0.1, 0.15) is 28.4 Å². The second-order valence-electron chi connectivity index (χ2n) is 4.69. The van der Waals surface area contributed by atoms with E-state index in [-0.39, 0.29) is 5.91 Å². The van der Waals surface area contributed by atoms with E-state index < -0.39 is 0 Å². The van der Waals surface area contributed by atoms with Crippen LogP contribution < -0.4 is 5.32 Å². The van der Waals surface area contributed by atoms with Crippen LogP contribution in [0, 0.1) is 6.92 Å². The highest BCUT2D eigenvalue weighted by Gasteiger charge is 2.10. The van der Waals surface area contributed by atoms with Crippen molar-refractivity contribution in [1.82, 2.24) is 0 Å². The van der Waals surface area contributed by atoms with Gasteiger partial charge in [-0.05, 0) is 55.0 Å². The highest BCUT2D eigenvalue weighted by atomic mass is 32.2. The van der Waals surface area contributed by atoms with Gasteiger partial charge in [0.15, 0.2) is 0 Å². The molecule has 104 valence electrons. The minimum atomic E-state index is -0.0531. The Labute approximate surface area is 124 Å². The summed E-state index contributed by atoms with van der Waals surface area (Å²) >= 11 is 1.64. The molecule has 0 aliphatic carbocycles. The van der Waals surface area contributed by atoms with Gasteiger partial charge in [-0.25, -0.2) is 0 Å². The van der Waals surface area contributed by atoms with Crippen LogP contribution in [0.15, 0.2) is 47.4 Å². The molecule has 20 heavy (non-hydrogen) atoms. The van der Waals surface area contributed by atoms with Crippen LogP contribution in [0.5, 0.6) is 0 Å². The van der Waals surface area contributed by atoms with Gasteiger partial charge in [-0.2, -0.15) is 0 Å². The van der Waals surface area contributed by atoms with Crippen LogP contribution in [0.2, 0.25) is 0 Å². The van der Waals surface area contributed by atoms with Gasteiger partial charge in [0.2, 0.25) is 0 Å². The lowest BCUT2D eigenvalue weighted by Crippen LogP contribution is -2.13. The van der Waals surface area contributed by atoms with Gasteiger partial charge in [-0.3, -0.25) is 4.79 Å². The van der Waals surface area contributed by atoms with E-state index in [0.29, 0.717) is 0 Å². The molecule has 1 amide bonds. The van der Waals surface area contributed by atoms with Crippen molar-refractivity contribution < 1.29 is 4.79 Å². The second kappa shape index (κ2) is 6.62. The van der Waals surface area contributed by atoms with Crippen molar-refractivity contribution >= 4 is 23.4 Å². The van der Waals surface area contributed by atoms with Gasteiger partial charge in [-0.15, -0.1) is 11.8 Å². The molecule has 0 spiro atoms. The van der Waals surface area contributed by atoms with Crippen molar-refractivity contribution in [3.63, 3.8) is 0 Å². The Hall–Kier alpha value is -1.74. The van der Waals surface area contributed by atoms with E-state index in [2.05, 4.69) is 12.2 Å². The number of carbonyl (C=O) groups is 1. The van der Waals surface area contributed by atoms with E-state index in [0.717, 1.165) is 28.1 Å². The zero-order chi connectivity index (χ0) is 14.5. The fourth-order valence-corrected chi connectivity index (χ4v) is 2.43. The topological polar surface area (TPSA) is 29.1 Å². The Morgan fingerprint density at radius 2 is 1.85 bits per heavy atom. The molecule has 0 aliphatic rings. The Balaban J connectivity index is 2.18. The molecule has 2 nitrogen and oxygen atoms in total. The van der Waals surface area contributed by atoms with Gasteiger partial charge in [0.25, 0.3) is 5.91 Å². The highest BCUT2D eigenvalue weighted by Crippen LogP contribution is 2.20. The van der Waals surface area contributed by atoms with Crippen LogP contribution in [0.4, 0.5) is 5.69 Å². The summed E-state index contributed by atoms with van der Waals surface area (Å²) in [5.74, 6) is -0.0531. The summed E-state index contributed by atoms with van der Waals surface area (Å²) in [5.41, 5.74) is 3.83. The fraction of sp³-hybridized carbons (Fsp3) is 0.235. The maximum absolute atomic E-state index is 12.3. The minimum absolute atomic E-state index is 0.0531. The van der Waals surface area contributed by atoms with Crippen LogP contribution in [0.25, 0.3) is 0 Å². The third-order valence-electron chi connectivity index (χ3n) is 3.31. The van der Waals surface area contributed by atoms with Gasteiger partial charge in [0.1, 0.15) is 0 Å². The summed E-state index contributed by atoms with van der Waals surface area (Å²) in [5, 5.41) is 2.95. The third kappa shape index (κ3) is 3.42. The highest BCUT2D eigenvalue weighted by molar-refractivity contribution is 7.98. The molecule has 0 fully saturated rings. The number of amides is 1. The molecule has 0 saturated carbocycles. The molecule has 0 heterocycles. The molecular formula is C17H19NOS. The first-order valence-electron chi connectivity index (χ1n) is 6.69. The quantitative estimate of drug-likeness (QED) is 0.836. The molecule has 0 unspecified atom stereocenters. The summed E-state index contributed by atoms with van der Waals surface area (Å²) in [7, 11) is 0. The van der Waals surface area contributed by atoms with Crippen molar-refractivity contribution in [2.45, 2.75) is 25.2 Å². The first kappa shape index (κ1) is 14.7. The van der Waals surface area contributed by atoms with Crippen LogP contribution in [-0.4, -0.2) is 12.2 Å². The third-order valence-corrected chi connectivity index (χ3v) is 4.03. The first-order chi connectivity index (χ1) is 9.63. The number of aryl methyl sites for hydroxylation is 2. The van der Waals surface area contributed by atoms with Crippen molar-refractivity contribution in [2.24, 2.45) is 0 Å². The molecule has 0 atom stereocenters. The maximum atomic E-state index is 12.3. The summed E-state index contributed by atoms with van der Waals surface area (Å²) in [6, 6.07) is 13.9. The van der Waals surface area contributed by atoms with E-state index >= 15 is 0 Å². The standard InChI is InChI=1S/C17H19NOS/c1-4-13-6-8-14(9-7-13)18-17(19)16-11-15(20-3)10-5-12(16)2/h5-11H,4H2,1-3H3,(H,18,19). The van der Waals surface area contributed by atoms with Gasteiger partial charge in [-0.1, -0.05) is 25.1 Å². The van der Waals surface area contributed by atoms with E-state index in [1.165, 1.54) is 5.56 Å². The SMILES string of the molecule is CCc1ccc(NC(=O)c2cc(SC)ccc2C)cc1. The van der Waals surface area contributed by atoms with Crippen LogP contribution in [0.3, 0.4) is 0 Å². The maximum Gasteiger partial charge on any atom is 0.255 e. The molecule has 0 bridgehead atoms. The lowest BCUT2D eigenvalue weighted by atomic mass is 10.1. The van der Waals surface area contributed by atoms with E-state index in [4.69, 9.17) is 0 Å². The Kier molecular flexibility index (Phi) is 4.85. The summed E-state index contributed by atoms with van der Waals surface area (Å²) in [6.45, 7) is 4.07. The zero-order valence-electron chi connectivity index (χ0n) is 12.1. The minimum Gasteiger partial charge on any atom is -0.322 e. The van der Waals surface area contributed by atoms with Crippen molar-refractivity contribution in [3.05, 3.63) is 59.2 Å². The molecule has 0 aromatic heterocycles. The molecule has 2 aromatic carbocycles. The van der Waals surface area contributed by atoms with E-state index in [1.807, 2.05) is 55.6 Å². The normalized spacial score (nSPS) is 10.3. The Morgan fingerprint density at radius 1 is 1.15 bits per heavy atom. The number of carbonyl (C=O) groups excluding carboxylic acids is 1. The van der Waals surface area contributed by atoms with Crippen LogP contribution in [-0.2, 0) is 6.42 Å². The van der Waals surface area contributed by atoms with Crippen molar-refractivity contribution in [1.29, 1.82) is 0 Å². The molecule has 2 rings (SSSR count). The zero-order valence-corrected chi connectivity index (χ0v) is 12.9. The predicted molar refractivity (Wildman–Crippen MR) is 86.7 cm³/mol. The molecule has 1 N–H and O–H groups in total. The average molecular weight is 285 g/mol. The number of thioether (sulfide) groups is 1. The molecule has 0 saturated heterocycles. The molecule has 0 aliphatic heterocycles. The van der Waals surface area contributed by atoms with Crippen molar-refractivity contribution in [2.75, 3.05) is 11.6 Å². The van der Waals surface area contributed by atoms with Gasteiger partial charge < -0.3 is 5.32 Å². The fourth-order valence-electron chi connectivity index (χ4n) is 1.99. The Morgan fingerprint density at radius 3 is 2.45 bits per heavy atom. The lowest BCUT2D eigenvalue weighted by Gasteiger charge is -2.09. The number of benzene rings is 2. The number of nitrogens with one attached hydrogen (secondary N) is 1. The second-order valence-corrected chi connectivity index (χ2v) is 5.57. The monoisotopic (exact) mass is 285 g/mol. The summed E-state index contributed by atoms with van der Waals surface area (Å²) in [4.78, 5) is 13.4. The molecule has 3 heteroatoms. The largest absolute Gasteiger partial charge is 0.322 e. The summed E-state index contributed by atoms with van der Waals surface area (Å²) < 4.78 is 0. The smallest absolute Gasteiger partial charge is 0.255 e. The number of hydrogen-bond acceptors (Lipinski definition) is 2. The molecule has 2 aromatic rings. The van der Waals surface area contributed by atoms with Crippen LogP contribution >= 0.6 is 11.8 Å². The molecule has 0 radical (unpaired) electrons. The number of anilines is 1. The lowest BCUT2D eigenvalue weighted by molar-refractivity contribution is 0.102. The van der Waals surface area contributed by atoms with E-state index in [1.54, 1.807) is 11.8 Å². The molecular weight excluding hydrogens is 266 g/mol. The van der Waals surface area contributed by atoms with Gasteiger partial charge in [0.05, 0.1) is 0 Å². The predicted octanol–water partition coefficient (Wildman–Crippen LogP) is 4.53. The summed E-state index contributed by atoms with van der Waals surface area (Å²) in [6.07, 6.45) is 3.01. The van der Waals surface area contributed by atoms with E-state index in [9.17, 15) is 4.79 Å². The van der Waals surface area contributed by atoms with Crippen molar-refractivity contribution in [3.8, 4) is 0 Å². The average Bonchev–Trinajstić information content (AvgIpc) is 2.48. The first-order valence-corrected chi connectivity index (χ1v) is 7.91. The number of hydrogen-bond donors (Lipinski definition) is 1. The Bertz CT molecular complexity index is 605. The number of rotatable bonds is 4. The van der Waals surface area contributed by atoms with Gasteiger partial charge >= 0.3 is 0 Å². The van der Waals surface area contributed by atoms with Gasteiger partial charge in [0, 0.05) is 16.1 Å².